The Morgan fingerprint density at radius 2 is 1.84 bits per heavy atom. The van der Waals surface area contributed by atoms with Gasteiger partial charge in [0.15, 0.2) is 0 Å². The van der Waals surface area contributed by atoms with Gasteiger partial charge in [-0.25, -0.2) is 9.97 Å². The van der Waals surface area contributed by atoms with E-state index in [-0.39, 0.29) is 5.91 Å². The van der Waals surface area contributed by atoms with Gasteiger partial charge < -0.3 is 4.90 Å². The van der Waals surface area contributed by atoms with Gasteiger partial charge in [-0.15, -0.1) is 0 Å². The molecule has 1 amide bonds. The molecular formula is C14H22N4O. The highest BCUT2D eigenvalue weighted by Crippen LogP contribution is 2.17. The van der Waals surface area contributed by atoms with Crippen LogP contribution in [-0.2, 0) is 0 Å². The number of hydrogen-bond acceptors (Lipinski definition) is 4. The predicted molar refractivity (Wildman–Crippen MR) is 74.1 cm³/mol. The summed E-state index contributed by atoms with van der Waals surface area (Å²) < 4.78 is 0. The molecule has 0 aromatic carbocycles. The quantitative estimate of drug-likeness (QED) is 0.764. The Morgan fingerprint density at radius 3 is 2.37 bits per heavy atom. The second kappa shape index (κ2) is 5.25. The highest BCUT2D eigenvalue weighted by Gasteiger charge is 2.30. The van der Waals surface area contributed by atoms with Crippen molar-refractivity contribution in [2.75, 3.05) is 20.1 Å². The molecule has 1 fully saturated rings. The molecule has 2 atom stereocenters. The first-order chi connectivity index (χ1) is 8.90. The molecule has 5 nitrogen and oxygen atoms in total. The molecule has 0 unspecified atom stereocenters. The number of rotatable bonds is 1. The fraction of sp³-hybridized carbons (Fsp3) is 0.643. The van der Waals surface area contributed by atoms with Gasteiger partial charge in [0.05, 0.1) is 11.3 Å². The first-order valence-electron chi connectivity index (χ1n) is 6.71. The highest BCUT2D eigenvalue weighted by molar-refractivity contribution is 5.95. The van der Waals surface area contributed by atoms with E-state index in [1.807, 2.05) is 18.7 Å². The fourth-order valence-corrected chi connectivity index (χ4v) is 2.53. The first kappa shape index (κ1) is 13.9. The number of likely N-dealkylation sites (N-methyl/N-ethyl adjacent to an activating group) is 1. The molecule has 1 aliphatic heterocycles. The monoisotopic (exact) mass is 262 g/mol. The zero-order valence-corrected chi connectivity index (χ0v) is 12.3. The van der Waals surface area contributed by atoms with Crippen molar-refractivity contribution in [3.8, 4) is 0 Å². The maximum atomic E-state index is 12.6. The van der Waals surface area contributed by atoms with Gasteiger partial charge in [0.2, 0.25) is 0 Å². The standard InChI is InChI=1S/C14H22N4O/c1-9-7-18(8-10(2)17(9)5)14(19)13-6-15-12(4)16-11(13)3/h6,9-10H,7-8H2,1-5H3/t9-,10+. The molecular weight excluding hydrogens is 240 g/mol. The molecule has 2 heterocycles. The predicted octanol–water partition coefficient (Wildman–Crippen LogP) is 1.26. The summed E-state index contributed by atoms with van der Waals surface area (Å²) in [5.74, 6) is 0.749. The van der Waals surface area contributed by atoms with E-state index in [0.29, 0.717) is 23.5 Å². The Balaban J connectivity index is 2.20. The summed E-state index contributed by atoms with van der Waals surface area (Å²) in [7, 11) is 2.11. The van der Waals surface area contributed by atoms with Gasteiger partial charge >= 0.3 is 0 Å². The van der Waals surface area contributed by atoms with Crippen LogP contribution in [-0.4, -0.2) is 57.9 Å². The average Bonchev–Trinajstić information content (AvgIpc) is 2.34. The Hall–Kier alpha value is -1.49. The maximum Gasteiger partial charge on any atom is 0.257 e. The SMILES string of the molecule is Cc1ncc(C(=O)N2C[C@@H](C)N(C)[C@@H](C)C2)c(C)n1. The minimum atomic E-state index is 0.0456. The Morgan fingerprint density at radius 1 is 1.26 bits per heavy atom. The molecule has 19 heavy (non-hydrogen) atoms. The second-order valence-electron chi connectivity index (χ2n) is 5.49. The van der Waals surface area contributed by atoms with E-state index in [1.54, 1.807) is 6.20 Å². The average molecular weight is 262 g/mol. The van der Waals surface area contributed by atoms with Gasteiger partial charge in [0, 0.05) is 31.4 Å². The third-order valence-electron chi connectivity index (χ3n) is 3.98. The van der Waals surface area contributed by atoms with Gasteiger partial charge in [-0.1, -0.05) is 0 Å². The summed E-state index contributed by atoms with van der Waals surface area (Å²) in [6, 6.07) is 0.749. The Labute approximate surface area is 114 Å². The van der Waals surface area contributed by atoms with Crippen molar-refractivity contribution in [2.45, 2.75) is 39.8 Å². The minimum Gasteiger partial charge on any atom is -0.335 e. The van der Waals surface area contributed by atoms with Crippen LogP contribution in [0, 0.1) is 13.8 Å². The first-order valence-corrected chi connectivity index (χ1v) is 6.71. The summed E-state index contributed by atoms with van der Waals surface area (Å²) in [4.78, 5) is 25.2. The molecule has 1 aromatic rings. The molecule has 0 bridgehead atoms. The zero-order chi connectivity index (χ0) is 14.2. The molecule has 0 spiro atoms. The number of carbonyl (C=O) groups is 1. The van der Waals surface area contributed by atoms with Crippen molar-refractivity contribution in [3.05, 3.63) is 23.3 Å². The van der Waals surface area contributed by atoms with Crippen LogP contribution in [0.1, 0.15) is 35.7 Å². The lowest BCUT2D eigenvalue weighted by Gasteiger charge is -2.42. The van der Waals surface area contributed by atoms with Crippen LogP contribution in [0.5, 0.6) is 0 Å². The van der Waals surface area contributed by atoms with E-state index < -0.39 is 0 Å². The van der Waals surface area contributed by atoms with E-state index in [2.05, 4.69) is 35.8 Å². The largest absolute Gasteiger partial charge is 0.335 e. The normalized spacial score (nSPS) is 24.6. The van der Waals surface area contributed by atoms with Gasteiger partial charge in [-0.2, -0.15) is 0 Å². The molecule has 0 N–H and O–H groups in total. The lowest BCUT2D eigenvalue weighted by atomic mass is 10.1. The number of piperazine rings is 1. The molecule has 5 heteroatoms. The van der Waals surface area contributed by atoms with Crippen LogP contribution in [0.2, 0.25) is 0 Å². The van der Waals surface area contributed by atoms with Crippen LogP contribution >= 0.6 is 0 Å². The van der Waals surface area contributed by atoms with Crippen molar-refractivity contribution in [1.29, 1.82) is 0 Å². The summed E-state index contributed by atoms with van der Waals surface area (Å²) in [5, 5.41) is 0. The lowest BCUT2D eigenvalue weighted by molar-refractivity contribution is 0.0413. The van der Waals surface area contributed by atoms with Gasteiger partial charge in [-0.3, -0.25) is 9.69 Å². The van der Waals surface area contributed by atoms with Crippen molar-refractivity contribution < 1.29 is 4.79 Å². The minimum absolute atomic E-state index is 0.0456. The lowest BCUT2D eigenvalue weighted by Crippen LogP contribution is -2.56. The van der Waals surface area contributed by atoms with E-state index in [1.165, 1.54) is 0 Å². The number of hydrogen-bond donors (Lipinski definition) is 0. The van der Waals surface area contributed by atoms with Crippen molar-refractivity contribution in [1.82, 2.24) is 19.8 Å². The topological polar surface area (TPSA) is 49.3 Å². The molecule has 0 radical (unpaired) electrons. The molecule has 1 saturated heterocycles. The molecule has 104 valence electrons. The van der Waals surface area contributed by atoms with Crippen LogP contribution < -0.4 is 0 Å². The number of carbonyl (C=O) groups excluding carboxylic acids is 1. The molecule has 1 aliphatic rings. The van der Waals surface area contributed by atoms with Gasteiger partial charge in [-0.05, 0) is 34.7 Å². The smallest absolute Gasteiger partial charge is 0.257 e. The second-order valence-corrected chi connectivity index (χ2v) is 5.49. The van der Waals surface area contributed by atoms with Crippen molar-refractivity contribution in [2.24, 2.45) is 0 Å². The Kier molecular flexibility index (Phi) is 3.85. The van der Waals surface area contributed by atoms with Crippen LogP contribution in [0.4, 0.5) is 0 Å². The van der Waals surface area contributed by atoms with Gasteiger partial charge in [0.1, 0.15) is 5.82 Å². The number of aromatic nitrogens is 2. The summed E-state index contributed by atoms with van der Waals surface area (Å²) >= 11 is 0. The summed E-state index contributed by atoms with van der Waals surface area (Å²) in [6.45, 7) is 9.51. The molecule has 0 saturated carbocycles. The fourth-order valence-electron chi connectivity index (χ4n) is 2.53. The molecule has 2 rings (SSSR count). The third kappa shape index (κ3) is 2.76. The summed E-state index contributed by atoms with van der Waals surface area (Å²) in [6.07, 6.45) is 1.65. The molecule has 0 aliphatic carbocycles. The van der Waals surface area contributed by atoms with E-state index >= 15 is 0 Å². The van der Waals surface area contributed by atoms with E-state index in [0.717, 1.165) is 18.8 Å². The van der Waals surface area contributed by atoms with Crippen molar-refractivity contribution >= 4 is 5.91 Å². The zero-order valence-electron chi connectivity index (χ0n) is 12.3. The number of nitrogens with zero attached hydrogens (tertiary/aromatic N) is 4. The van der Waals surface area contributed by atoms with Crippen LogP contribution in [0.25, 0.3) is 0 Å². The molecule has 1 aromatic heterocycles. The maximum absolute atomic E-state index is 12.6. The van der Waals surface area contributed by atoms with Gasteiger partial charge in [0.25, 0.3) is 5.91 Å². The van der Waals surface area contributed by atoms with Crippen molar-refractivity contribution in [3.63, 3.8) is 0 Å². The number of amides is 1. The Bertz CT molecular complexity index is 476. The highest BCUT2D eigenvalue weighted by atomic mass is 16.2. The third-order valence-corrected chi connectivity index (χ3v) is 3.98. The van der Waals surface area contributed by atoms with Crippen LogP contribution in [0.15, 0.2) is 6.20 Å². The van der Waals surface area contributed by atoms with Crippen LogP contribution in [0.3, 0.4) is 0 Å². The van der Waals surface area contributed by atoms with E-state index in [4.69, 9.17) is 0 Å². The van der Waals surface area contributed by atoms with E-state index in [9.17, 15) is 4.79 Å². The summed E-state index contributed by atoms with van der Waals surface area (Å²) in [5.41, 5.74) is 1.38. The number of aryl methyl sites for hydroxylation is 2.